The Balaban J connectivity index is 1.59. The first-order valence-electron chi connectivity index (χ1n) is 12.8. The van der Waals surface area contributed by atoms with E-state index in [0.717, 1.165) is 36.4 Å². The van der Waals surface area contributed by atoms with Gasteiger partial charge in [-0.15, -0.1) is 0 Å². The van der Waals surface area contributed by atoms with Crippen LogP contribution >= 0.6 is 0 Å². The molecule has 2 aromatic heterocycles. The molecule has 0 saturated carbocycles. The first kappa shape index (κ1) is 27.7. The van der Waals surface area contributed by atoms with Gasteiger partial charge in [-0.1, -0.05) is 19.9 Å². The summed E-state index contributed by atoms with van der Waals surface area (Å²) in [7, 11) is 1.68. The molecule has 2 amide bonds. The fourth-order valence-electron chi connectivity index (χ4n) is 5.10. The summed E-state index contributed by atoms with van der Waals surface area (Å²) in [4.78, 5) is 43.4. The highest BCUT2D eigenvalue weighted by Crippen LogP contribution is 2.39. The van der Waals surface area contributed by atoms with Crippen LogP contribution in [0.15, 0.2) is 41.2 Å². The topological polar surface area (TPSA) is 134 Å². The van der Waals surface area contributed by atoms with E-state index in [1.54, 1.807) is 16.5 Å². The summed E-state index contributed by atoms with van der Waals surface area (Å²) >= 11 is 0. The van der Waals surface area contributed by atoms with Gasteiger partial charge in [-0.05, 0) is 24.6 Å². The van der Waals surface area contributed by atoms with Crippen LogP contribution in [0.3, 0.4) is 0 Å². The monoisotopic (exact) mass is 569 g/mol. The smallest absolute Gasteiger partial charge is 0.404 e. The fourth-order valence-corrected chi connectivity index (χ4v) is 5.10. The largest absolute Gasteiger partial charge is 0.465 e. The van der Waals surface area contributed by atoms with Crippen molar-refractivity contribution in [2.24, 2.45) is 7.05 Å². The van der Waals surface area contributed by atoms with Crippen molar-refractivity contribution in [2.75, 3.05) is 23.3 Å². The molecule has 1 atom stereocenters. The SMILES string of the molecule is CC(C)c1nc2c(N3CCC(NC(=O)O)C3)c(NC(=O)c3ccc(=O)n(-c4c(F)cccc4F)n3)cc(F)c2n1C. The van der Waals surface area contributed by atoms with Gasteiger partial charge < -0.3 is 25.2 Å². The summed E-state index contributed by atoms with van der Waals surface area (Å²) in [5.41, 5.74) is -1.10. The Morgan fingerprint density at radius 1 is 1.07 bits per heavy atom. The third-order valence-corrected chi connectivity index (χ3v) is 6.89. The lowest BCUT2D eigenvalue weighted by Crippen LogP contribution is -2.36. The van der Waals surface area contributed by atoms with Crippen molar-refractivity contribution >= 4 is 34.4 Å². The molecule has 2 aromatic carbocycles. The quantitative estimate of drug-likeness (QED) is 0.322. The lowest BCUT2D eigenvalue weighted by atomic mass is 10.2. The predicted molar refractivity (Wildman–Crippen MR) is 144 cm³/mol. The minimum Gasteiger partial charge on any atom is -0.465 e. The standard InChI is InChI=1S/C27H26F3N7O4/c1-13(2)25-33-21-23(35(25)3)17(30)11-19(24(21)36-10-9-14(12-36)31-27(40)41)32-26(39)18-7-8-20(38)37(34-18)22-15(28)5-4-6-16(22)29/h4-8,11,13-14,31H,9-10,12H2,1-3H3,(H,32,39)(H,40,41). The normalized spacial score (nSPS) is 15.1. The lowest BCUT2D eigenvalue weighted by molar-refractivity contribution is 0.102. The molecule has 214 valence electrons. The summed E-state index contributed by atoms with van der Waals surface area (Å²) in [6.07, 6.45) is -0.717. The van der Waals surface area contributed by atoms with Crippen molar-refractivity contribution < 1.29 is 27.9 Å². The second-order valence-corrected chi connectivity index (χ2v) is 10.0. The number of imidazole rings is 1. The number of hydrogen-bond donors (Lipinski definition) is 3. The van der Waals surface area contributed by atoms with Crippen LogP contribution in [0.25, 0.3) is 16.7 Å². The van der Waals surface area contributed by atoms with E-state index < -0.39 is 46.7 Å². The summed E-state index contributed by atoms with van der Waals surface area (Å²) < 4.78 is 46.3. The Morgan fingerprint density at radius 3 is 2.44 bits per heavy atom. The molecular formula is C27H26F3N7O4. The van der Waals surface area contributed by atoms with Gasteiger partial charge in [0.25, 0.3) is 11.5 Å². The predicted octanol–water partition coefficient (Wildman–Crippen LogP) is 3.76. The molecule has 14 heteroatoms. The zero-order valence-corrected chi connectivity index (χ0v) is 22.3. The number of benzene rings is 2. The van der Waals surface area contributed by atoms with Crippen LogP contribution in [0, 0.1) is 17.5 Å². The number of nitrogens with one attached hydrogen (secondary N) is 2. The van der Waals surface area contributed by atoms with Gasteiger partial charge >= 0.3 is 6.09 Å². The van der Waals surface area contributed by atoms with Gasteiger partial charge in [-0.25, -0.2) is 22.9 Å². The fraction of sp³-hybridized carbons (Fsp3) is 0.296. The van der Waals surface area contributed by atoms with Crippen molar-refractivity contribution in [3.63, 3.8) is 0 Å². The van der Waals surface area contributed by atoms with E-state index in [-0.39, 0.29) is 34.9 Å². The molecule has 0 spiro atoms. The second kappa shape index (κ2) is 10.6. The summed E-state index contributed by atoms with van der Waals surface area (Å²) in [6, 6.07) is 5.77. The van der Waals surface area contributed by atoms with Gasteiger partial charge in [0.05, 0.1) is 17.4 Å². The molecule has 1 unspecified atom stereocenters. The third kappa shape index (κ3) is 5.08. The molecular weight excluding hydrogens is 543 g/mol. The number of carbonyl (C=O) groups excluding carboxylic acids is 1. The summed E-state index contributed by atoms with van der Waals surface area (Å²) in [5.74, 6) is -3.10. The molecule has 41 heavy (non-hydrogen) atoms. The van der Waals surface area contributed by atoms with Gasteiger partial charge in [0.2, 0.25) is 0 Å². The number of fused-ring (bicyclic) bond motifs is 1. The van der Waals surface area contributed by atoms with E-state index in [0.29, 0.717) is 29.2 Å². The first-order valence-corrected chi connectivity index (χ1v) is 12.8. The molecule has 1 aliphatic rings. The minimum atomic E-state index is -1.18. The van der Waals surface area contributed by atoms with E-state index in [1.807, 2.05) is 13.8 Å². The highest BCUT2D eigenvalue weighted by atomic mass is 19.1. The number of nitrogens with zero attached hydrogens (tertiary/aromatic N) is 5. The average Bonchev–Trinajstić information content (AvgIpc) is 3.49. The van der Waals surface area contributed by atoms with Crippen LogP contribution in [0.2, 0.25) is 0 Å². The van der Waals surface area contributed by atoms with Crippen molar-refractivity contribution in [1.29, 1.82) is 0 Å². The zero-order chi connectivity index (χ0) is 29.6. The van der Waals surface area contributed by atoms with E-state index in [9.17, 15) is 23.2 Å². The number of anilines is 2. The van der Waals surface area contributed by atoms with Gasteiger partial charge in [0, 0.05) is 38.2 Å². The maximum Gasteiger partial charge on any atom is 0.404 e. The van der Waals surface area contributed by atoms with Gasteiger partial charge in [0.1, 0.15) is 28.2 Å². The van der Waals surface area contributed by atoms with Crippen molar-refractivity contribution in [3.05, 3.63) is 75.7 Å². The Morgan fingerprint density at radius 2 is 1.78 bits per heavy atom. The molecule has 0 radical (unpaired) electrons. The number of aromatic nitrogens is 4. The first-order chi connectivity index (χ1) is 19.5. The Labute approximate surface area is 231 Å². The number of rotatable bonds is 6. The van der Waals surface area contributed by atoms with Crippen LogP contribution in [-0.2, 0) is 7.05 Å². The molecule has 1 fully saturated rings. The van der Waals surface area contributed by atoms with E-state index in [2.05, 4.69) is 20.7 Å². The maximum absolute atomic E-state index is 15.5. The van der Waals surface area contributed by atoms with E-state index >= 15 is 4.39 Å². The van der Waals surface area contributed by atoms with Crippen LogP contribution < -0.4 is 21.1 Å². The van der Waals surface area contributed by atoms with Crippen molar-refractivity contribution in [2.45, 2.75) is 32.2 Å². The number of carboxylic acid groups (broad SMARTS) is 1. The average molecular weight is 570 g/mol. The molecule has 5 rings (SSSR count). The molecule has 1 aliphatic heterocycles. The molecule has 4 aromatic rings. The van der Waals surface area contributed by atoms with E-state index in [1.165, 1.54) is 0 Å². The Kier molecular flexibility index (Phi) is 7.15. The maximum atomic E-state index is 15.5. The number of amides is 2. The molecule has 0 bridgehead atoms. The Hall–Kier alpha value is -4.88. The lowest BCUT2D eigenvalue weighted by Gasteiger charge is -2.23. The number of carbonyl (C=O) groups is 2. The van der Waals surface area contributed by atoms with E-state index in [4.69, 9.17) is 5.11 Å². The summed E-state index contributed by atoms with van der Waals surface area (Å²) in [5, 5.41) is 18.1. The summed E-state index contributed by atoms with van der Waals surface area (Å²) in [6.45, 7) is 4.43. The van der Waals surface area contributed by atoms with Crippen molar-refractivity contribution in [3.8, 4) is 5.69 Å². The van der Waals surface area contributed by atoms with Gasteiger partial charge in [-0.2, -0.15) is 9.78 Å². The van der Waals surface area contributed by atoms with Crippen LogP contribution in [0.5, 0.6) is 0 Å². The molecule has 3 heterocycles. The van der Waals surface area contributed by atoms with Gasteiger partial charge in [-0.3, -0.25) is 9.59 Å². The molecule has 0 aliphatic carbocycles. The molecule has 11 nitrogen and oxygen atoms in total. The zero-order valence-electron chi connectivity index (χ0n) is 22.3. The number of halogens is 3. The highest BCUT2D eigenvalue weighted by Gasteiger charge is 2.31. The molecule has 3 N–H and O–H groups in total. The Bertz CT molecular complexity index is 1730. The minimum absolute atomic E-state index is 0.0287. The molecule has 1 saturated heterocycles. The van der Waals surface area contributed by atoms with Crippen molar-refractivity contribution in [1.82, 2.24) is 24.6 Å². The van der Waals surface area contributed by atoms with Crippen LogP contribution in [0.4, 0.5) is 29.3 Å². The highest BCUT2D eigenvalue weighted by molar-refractivity contribution is 6.08. The number of hydrogen-bond acceptors (Lipinski definition) is 6. The second-order valence-electron chi connectivity index (χ2n) is 10.0. The van der Waals surface area contributed by atoms with Gasteiger partial charge in [0.15, 0.2) is 17.5 Å². The third-order valence-electron chi connectivity index (χ3n) is 6.89. The van der Waals surface area contributed by atoms with Crippen LogP contribution in [0.1, 0.15) is 42.5 Å². The van der Waals surface area contributed by atoms with Crippen LogP contribution in [-0.4, -0.2) is 55.6 Å². The number of aryl methyl sites for hydroxylation is 1. The number of para-hydroxylation sites is 1.